The molecule has 0 amide bonds. The summed E-state index contributed by atoms with van der Waals surface area (Å²) in [6.07, 6.45) is 1.41. The summed E-state index contributed by atoms with van der Waals surface area (Å²) in [4.78, 5) is 12.7. The molecule has 140 valence electrons. The Bertz CT molecular complexity index is 855. The van der Waals surface area contributed by atoms with Gasteiger partial charge >= 0.3 is 0 Å². The first-order valence-corrected chi connectivity index (χ1v) is 8.96. The van der Waals surface area contributed by atoms with Crippen molar-refractivity contribution in [1.82, 2.24) is 4.90 Å². The zero-order chi connectivity index (χ0) is 19.2. The van der Waals surface area contributed by atoms with Gasteiger partial charge < -0.3 is 10.4 Å². The van der Waals surface area contributed by atoms with Crippen LogP contribution >= 0.6 is 0 Å². The number of aliphatic hydroxyl groups excluding tert-OH is 1. The highest BCUT2D eigenvalue weighted by molar-refractivity contribution is 5.61. The van der Waals surface area contributed by atoms with Crippen LogP contribution in [-0.2, 0) is 13.1 Å². The van der Waals surface area contributed by atoms with E-state index in [2.05, 4.69) is 16.3 Å². The predicted molar refractivity (Wildman–Crippen MR) is 102 cm³/mol. The third-order valence-corrected chi connectivity index (χ3v) is 4.87. The van der Waals surface area contributed by atoms with Crippen molar-refractivity contribution >= 4 is 11.4 Å². The van der Waals surface area contributed by atoms with Crippen LogP contribution in [0.15, 0.2) is 42.5 Å². The van der Waals surface area contributed by atoms with Gasteiger partial charge in [-0.2, -0.15) is 5.26 Å². The van der Waals surface area contributed by atoms with Crippen LogP contribution in [0.1, 0.15) is 29.5 Å². The van der Waals surface area contributed by atoms with Gasteiger partial charge in [0.1, 0.15) is 6.07 Å². The molecule has 7 nitrogen and oxygen atoms in total. The average molecular weight is 366 g/mol. The number of benzene rings is 2. The standard InChI is InChI=1S/C20H22N4O3/c21-12-17-11-18(24(26)27)5-6-20(17)22-13-15-3-1-2-4-16(15)14-23-9-7-19(25)8-10-23/h1-6,11,19,22,25H,7-10,13-14H2. The Morgan fingerprint density at radius 1 is 1.22 bits per heavy atom. The Labute approximate surface area is 158 Å². The first-order valence-electron chi connectivity index (χ1n) is 8.96. The lowest BCUT2D eigenvalue weighted by atomic mass is 10.0. The summed E-state index contributed by atoms with van der Waals surface area (Å²) in [7, 11) is 0. The molecule has 1 heterocycles. The number of hydrogen-bond donors (Lipinski definition) is 2. The van der Waals surface area contributed by atoms with Crippen molar-refractivity contribution < 1.29 is 10.0 Å². The van der Waals surface area contributed by atoms with E-state index in [0.29, 0.717) is 12.2 Å². The molecule has 1 aliphatic rings. The largest absolute Gasteiger partial charge is 0.393 e. The molecular weight excluding hydrogens is 344 g/mol. The Hall–Kier alpha value is -2.95. The monoisotopic (exact) mass is 366 g/mol. The summed E-state index contributed by atoms with van der Waals surface area (Å²) < 4.78 is 0. The van der Waals surface area contributed by atoms with Crippen LogP contribution in [0.3, 0.4) is 0 Å². The number of piperidine rings is 1. The molecule has 7 heteroatoms. The fraction of sp³-hybridized carbons (Fsp3) is 0.350. The molecule has 1 saturated heterocycles. The van der Waals surface area contributed by atoms with Gasteiger partial charge in [0.25, 0.3) is 5.69 Å². The number of anilines is 1. The molecule has 0 atom stereocenters. The minimum atomic E-state index is -0.504. The van der Waals surface area contributed by atoms with Crippen LogP contribution in [-0.4, -0.2) is 34.1 Å². The third-order valence-electron chi connectivity index (χ3n) is 4.87. The van der Waals surface area contributed by atoms with Crippen LogP contribution in [0, 0.1) is 21.4 Å². The Kier molecular flexibility index (Phi) is 6.01. The molecule has 0 saturated carbocycles. The van der Waals surface area contributed by atoms with Gasteiger partial charge in [0.05, 0.1) is 22.3 Å². The van der Waals surface area contributed by atoms with Crippen molar-refractivity contribution in [3.63, 3.8) is 0 Å². The molecule has 2 N–H and O–H groups in total. The summed E-state index contributed by atoms with van der Waals surface area (Å²) in [5, 5.41) is 33.0. The Morgan fingerprint density at radius 3 is 2.59 bits per heavy atom. The third kappa shape index (κ3) is 4.82. The summed E-state index contributed by atoms with van der Waals surface area (Å²) >= 11 is 0. The predicted octanol–water partition coefficient (Wildman–Crippen LogP) is 3.04. The fourth-order valence-electron chi connectivity index (χ4n) is 3.29. The number of nitrogens with one attached hydrogen (secondary N) is 1. The van der Waals surface area contributed by atoms with E-state index in [9.17, 15) is 20.5 Å². The van der Waals surface area contributed by atoms with Gasteiger partial charge in [-0.15, -0.1) is 0 Å². The van der Waals surface area contributed by atoms with Gasteiger partial charge in [0, 0.05) is 38.3 Å². The van der Waals surface area contributed by atoms with Crippen LogP contribution in [0.4, 0.5) is 11.4 Å². The number of non-ortho nitro benzene ring substituents is 1. The molecule has 0 aromatic heterocycles. The van der Waals surface area contributed by atoms with Crippen LogP contribution in [0.5, 0.6) is 0 Å². The highest BCUT2D eigenvalue weighted by Gasteiger charge is 2.18. The second-order valence-corrected chi connectivity index (χ2v) is 6.73. The molecule has 0 unspecified atom stereocenters. The normalized spacial score (nSPS) is 15.3. The SMILES string of the molecule is N#Cc1cc([N+](=O)[O-])ccc1NCc1ccccc1CN1CCC(O)CC1. The number of nitriles is 1. The highest BCUT2D eigenvalue weighted by atomic mass is 16.6. The van der Waals surface area contributed by atoms with Gasteiger partial charge in [-0.1, -0.05) is 24.3 Å². The number of nitrogens with zero attached hydrogens (tertiary/aromatic N) is 3. The van der Waals surface area contributed by atoms with E-state index in [4.69, 9.17) is 0 Å². The molecule has 0 aliphatic carbocycles. The summed E-state index contributed by atoms with van der Waals surface area (Å²) in [6.45, 7) is 3.10. The van der Waals surface area contributed by atoms with Crippen molar-refractivity contribution in [1.29, 1.82) is 5.26 Å². The molecule has 2 aromatic rings. The first-order chi connectivity index (χ1) is 13.1. The number of hydrogen-bond acceptors (Lipinski definition) is 6. The van der Waals surface area contributed by atoms with Crippen molar-refractivity contribution in [3.8, 4) is 6.07 Å². The van der Waals surface area contributed by atoms with Crippen molar-refractivity contribution in [3.05, 3.63) is 69.3 Å². The minimum absolute atomic E-state index is 0.0928. The lowest BCUT2D eigenvalue weighted by molar-refractivity contribution is -0.384. The van der Waals surface area contributed by atoms with E-state index in [0.717, 1.165) is 38.0 Å². The molecule has 1 fully saturated rings. The maximum Gasteiger partial charge on any atom is 0.270 e. The van der Waals surface area contributed by atoms with E-state index in [1.807, 2.05) is 24.3 Å². The Morgan fingerprint density at radius 2 is 1.93 bits per heavy atom. The molecule has 0 bridgehead atoms. The van der Waals surface area contributed by atoms with Crippen LogP contribution in [0.2, 0.25) is 0 Å². The van der Waals surface area contributed by atoms with E-state index in [1.165, 1.54) is 17.7 Å². The van der Waals surface area contributed by atoms with Crippen molar-refractivity contribution in [2.24, 2.45) is 0 Å². The van der Waals surface area contributed by atoms with Crippen LogP contribution < -0.4 is 5.32 Å². The number of rotatable bonds is 6. The first kappa shape index (κ1) is 18.8. The topological polar surface area (TPSA) is 102 Å². The summed E-state index contributed by atoms with van der Waals surface area (Å²) in [5.41, 5.74) is 3.06. The molecule has 27 heavy (non-hydrogen) atoms. The molecular formula is C20H22N4O3. The lowest BCUT2D eigenvalue weighted by Gasteiger charge is -2.30. The number of likely N-dealkylation sites (tertiary alicyclic amines) is 1. The molecule has 3 rings (SSSR count). The van der Waals surface area contributed by atoms with Gasteiger partial charge in [0.15, 0.2) is 0 Å². The van der Waals surface area contributed by atoms with Crippen molar-refractivity contribution in [2.75, 3.05) is 18.4 Å². The summed E-state index contributed by atoms with van der Waals surface area (Å²) in [5.74, 6) is 0. The van der Waals surface area contributed by atoms with E-state index in [-0.39, 0.29) is 17.4 Å². The zero-order valence-electron chi connectivity index (χ0n) is 15.0. The van der Waals surface area contributed by atoms with Gasteiger partial charge in [-0.25, -0.2) is 0 Å². The quantitative estimate of drug-likeness (QED) is 0.602. The molecule has 2 aromatic carbocycles. The van der Waals surface area contributed by atoms with Gasteiger partial charge in [0.2, 0.25) is 0 Å². The number of nitro groups is 1. The Balaban J connectivity index is 1.70. The van der Waals surface area contributed by atoms with Gasteiger partial charge in [-0.05, 0) is 30.0 Å². The number of aliphatic hydroxyl groups is 1. The van der Waals surface area contributed by atoms with E-state index < -0.39 is 4.92 Å². The molecule has 0 spiro atoms. The van der Waals surface area contributed by atoms with Gasteiger partial charge in [-0.3, -0.25) is 15.0 Å². The average Bonchev–Trinajstić information content (AvgIpc) is 2.69. The van der Waals surface area contributed by atoms with Crippen LogP contribution in [0.25, 0.3) is 0 Å². The van der Waals surface area contributed by atoms with Crippen molar-refractivity contribution in [2.45, 2.75) is 32.0 Å². The number of nitro benzene ring substituents is 1. The summed E-state index contributed by atoms with van der Waals surface area (Å²) in [6, 6.07) is 14.4. The fourth-order valence-corrected chi connectivity index (χ4v) is 3.29. The smallest absolute Gasteiger partial charge is 0.270 e. The lowest BCUT2D eigenvalue weighted by Crippen LogP contribution is -2.35. The molecule has 1 aliphatic heterocycles. The molecule has 0 radical (unpaired) electrons. The van der Waals surface area contributed by atoms with E-state index >= 15 is 0 Å². The van der Waals surface area contributed by atoms with E-state index in [1.54, 1.807) is 6.07 Å². The maximum atomic E-state index is 10.9. The second kappa shape index (κ2) is 8.62. The highest BCUT2D eigenvalue weighted by Crippen LogP contribution is 2.23. The maximum absolute atomic E-state index is 10.9. The minimum Gasteiger partial charge on any atom is -0.393 e. The zero-order valence-corrected chi connectivity index (χ0v) is 15.0. The second-order valence-electron chi connectivity index (χ2n) is 6.73.